The van der Waals surface area contributed by atoms with Crippen molar-refractivity contribution in [2.75, 3.05) is 5.32 Å². The minimum atomic E-state index is -0.290. The Morgan fingerprint density at radius 3 is 2.81 bits per heavy atom. The van der Waals surface area contributed by atoms with Crippen LogP contribution in [0, 0.1) is 0 Å². The normalized spacial score (nSPS) is 16.2. The Kier molecular flexibility index (Phi) is 2.46. The van der Waals surface area contributed by atoms with Crippen molar-refractivity contribution in [2.24, 2.45) is 0 Å². The van der Waals surface area contributed by atoms with E-state index >= 15 is 0 Å². The van der Waals surface area contributed by atoms with Crippen LogP contribution in [-0.2, 0) is 4.79 Å². The first-order valence-corrected chi connectivity index (χ1v) is 5.27. The zero-order valence-corrected chi connectivity index (χ0v) is 9.70. The number of ether oxygens (including phenoxy) is 1. The molecule has 0 aromatic heterocycles. The predicted octanol–water partition coefficient (Wildman–Crippen LogP) is 2.83. The molecule has 1 aromatic carbocycles. The van der Waals surface area contributed by atoms with Gasteiger partial charge in [0, 0.05) is 12.5 Å². The lowest BCUT2D eigenvalue weighted by atomic mass is 10.0. The van der Waals surface area contributed by atoms with Gasteiger partial charge in [-0.25, -0.2) is 0 Å². The van der Waals surface area contributed by atoms with E-state index in [9.17, 15) is 4.79 Å². The van der Waals surface area contributed by atoms with Gasteiger partial charge in [-0.05, 0) is 38.1 Å². The van der Waals surface area contributed by atoms with Crippen molar-refractivity contribution in [1.29, 1.82) is 0 Å². The van der Waals surface area contributed by atoms with Gasteiger partial charge < -0.3 is 10.1 Å². The summed E-state index contributed by atoms with van der Waals surface area (Å²) < 4.78 is 5.80. The third-order valence-electron chi connectivity index (χ3n) is 2.40. The average Bonchev–Trinajstić information content (AvgIpc) is 2.15. The van der Waals surface area contributed by atoms with Gasteiger partial charge in [0.2, 0.25) is 5.91 Å². The van der Waals surface area contributed by atoms with Gasteiger partial charge in [0.1, 0.15) is 11.4 Å². The lowest BCUT2D eigenvalue weighted by molar-refractivity contribution is -0.114. The topological polar surface area (TPSA) is 38.3 Å². The van der Waals surface area contributed by atoms with Crippen molar-refractivity contribution in [3.05, 3.63) is 29.8 Å². The molecule has 0 aliphatic carbocycles. The monoisotopic (exact) mass is 217 g/mol. The van der Waals surface area contributed by atoms with Gasteiger partial charge >= 0.3 is 0 Å². The average molecular weight is 217 g/mol. The highest BCUT2D eigenvalue weighted by molar-refractivity contribution is 5.92. The summed E-state index contributed by atoms with van der Waals surface area (Å²) in [4.78, 5) is 11.1. The highest BCUT2D eigenvalue weighted by atomic mass is 16.5. The molecule has 84 valence electrons. The zero-order chi connectivity index (χ0) is 11.8. The van der Waals surface area contributed by atoms with Crippen LogP contribution in [0.25, 0.3) is 6.08 Å². The Morgan fingerprint density at radius 2 is 2.12 bits per heavy atom. The van der Waals surface area contributed by atoms with Crippen molar-refractivity contribution >= 4 is 17.7 Å². The maximum absolute atomic E-state index is 11.1. The number of fused-ring (bicyclic) bond motifs is 1. The molecule has 2 rings (SSSR count). The second kappa shape index (κ2) is 3.67. The largest absolute Gasteiger partial charge is 0.483 e. The third kappa shape index (κ3) is 2.08. The summed E-state index contributed by atoms with van der Waals surface area (Å²) in [7, 11) is 0. The van der Waals surface area contributed by atoms with Gasteiger partial charge in [-0.15, -0.1) is 0 Å². The number of carbonyl (C=O) groups excluding carboxylic acids is 1. The van der Waals surface area contributed by atoms with Crippen LogP contribution >= 0.6 is 0 Å². The van der Waals surface area contributed by atoms with E-state index < -0.39 is 0 Å². The number of amides is 1. The maximum atomic E-state index is 11.1. The Balaban J connectivity index is 2.42. The van der Waals surface area contributed by atoms with Crippen LogP contribution in [0.2, 0.25) is 0 Å². The molecule has 1 aromatic rings. The van der Waals surface area contributed by atoms with Crippen LogP contribution in [0.1, 0.15) is 26.3 Å². The van der Waals surface area contributed by atoms with E-state index in [2.05, 4.69) is 5.32 Å². The highest BCUT2D eigenvalue weighted by Gasteiger charge is 2.22. The molecule has 0 spiro atoms. The standard InChI is InChI=1S/C13H15NO2/c1-9(15)14-11-5-4-6-12-10(11)7-8-13(2,3)16-12/h4-8H,1-3H3,(H,14,15). The van der Waals surface area contributed by atoms with Crippen LogP contribution in [0.3, 0.4) is 0 Å². The Hall–Kier alpha value is -1.77. The summed E-state index contributed by atoms with van der Waals surface area (Å²) in [6.45, 7) is 5.49. The summed E-state index contributed by atoms with van der Waals surface area (Å²) in [6, 6.07) is 5.65. The summed E-state index contributed by atoms with van der Waals surface area (Å²) >= 11 is 0. The molecule has 1 aliphatic rings. The minimum absolute atomic E-state index is 0.0772. The fourth-order valence-corrected chi connectivity index (χ4v) is 1.71. The third-order valence-corrected chi connectivity index (χ3v) is 2.40. The molecule has 0 saturated heterocycles. The van der Waals surface area contributed by atoms with Gasteiger partial charge in [0.25, 0.3) is 0 Å². The van der Waals surface area contributed by atoms with Crippen LogP contribution in [-0.4, -0.2) is 11.5 Å². The first kappa shape index (κ1) is 10.7. The van der Waals surface area contributed by atoms with E-state index in [1.807, 2.05) is 44.2 Å². The maximum Gasteiger partial charge on any atom is 0.221 e. The molecular weight excluding hydrogens is 202 g/mol. The van der Waals surface area contributed by atoms with Crippen LogP contribution in [0.15, 0.2) is 24.3 Å². The molecule has 0 unspecified atom stereocenters. The van der Waals surface area contributed by atoms with Gasteiger partial charge in [0.05, 0.1) is 5.69 Å². The number of carbonyl (C=O) groups is 1. The fraction of sp³-hybridized carbons (Fsp3) is 0.308. The van der Waals surface area contributed by atoms with E-state index in [0.717, 1.165) is 17.0 Å². The first-order valence-electron chi connectivity index (χ1n) is 5.27. The molecule has 3 nitrogen and oxygen atoms in total. The summed E-state index contributed by atoms with van der Waals surface area (Å²) in [5, 5.41) is 2.79. The molecule has 3 heteroatoms. The van der Waals surface area contributed by atoms with Crippen molar-refractivity contribution in [2.45, 2.75) is 26.4 Å². The molecular formula is C13H15NO2. The van der Waals surface area contributed by atoms with Crippen molar-refractivity contribution < 1.29 is 9.53 Å². The molecule has 1 amide bonds. The molecule has 16 heavy (non-hydrogen) atoms. The van der Waals surface area contributed by atoms with E-state index in [4.69, 9.17) is 4.74 Å². The number of nitrogens with one attached hydrogen (secondary N) is 1. The molecule has 0 fully saturated rings. The number of hydrogen-bond acceptors (Lipinski definition) is 2. The lowest BCUT2D eigenvalue weighted by Gasteiger charge is -2.28. The number of anilines is 1. The molecule has 1 heterocycles. The van der Waals surface area contributed by atoms with Crippen molar-refractivity contribution in [3.8, 4) is 5.75 Å². The molecule has 1 N–H and O–H groups in total. The smallest absolute Gasteiger partial charge is 0.221 e. The number of hydrogen-bond donors (Lipinski definition) is 1. The van der Waals surface area contributed by atoms with Gasteiger partial charge in [-0.3, -0.25) is 4.79 Å². The van der Waals surface area contributed by atoms with Gasteiger partial charge in [-0.2, -0.15) is 0 Å². The Morgan fingerprint density at radius 1 is 1.38 bits per heavy atom. The molecule has 0 saturated carbocycles. The van der Waals surface area contributed by atoms with E-state index in [1.165, 1.54) is 6.92 Å². The van der Waals surface area contributed by atoms with Gasteiger partial charge in [-0.1, -0.05) is 6.07 Å². The Labute approximate surface area is 95.1 Å². The fourth-order valence-electron chi connectivity index (χ4n) is 1.71. The first-order chi connectivity index (χ1) is 7.48. The van der Waals surface area contributed by atoms with Crippen LogP contribution in [0.5, 0.6) is 5.75 Å². The lowest BCUT2D eigenvalue weighted by Crippen LogP contribution is -2.27. The number of rotatable bonds is 1. The summed E-state index contributed by atoms with van der Waals surface area (Å²) in [5.41, 5.74) is 1.43. The second-order valence-corrected chi connectivity index (χ2v) is 4.44. The second-order valence-electron chi connectivity index (χ2n) is 4.44. The van der Waals surface area contributed by atoms with Crippen molar-refractivity contribution in [1.82, 2.24) is 0 Å². The number of benzene rings is 1. The summed E-state index contributed by atoms with van der Waals surface area (Å²) in [5.74, 6) is 0.727. The molecule has 0 bridgehead atoms. The highest BCUT2D eigenvalue weighted by Crippen LogP contribution is 2.35. The summed E-state index contributed by atoms with van der Waals surface area (Å²) in [6.07, 6.45) is 3.98. The minimum Gasteiger partial charge on any atom is -0.483 e. The van der Waals surface area contributed by atoms with E-state index in [0.29, 0.717) is 0 Å². The molecule has 1 aliphatic heterocycles. The zero-order valence-electron chi connectivity index (χ0n) is 9.70. The van der Waals surface area contributed by atoms with E-state index in [1.54, 1.807) is 0 Å². The molecule has 0 radical (unpaired) electrons. The quantitative estimate of drug-likeness (QED) is 0.785. The van der Waals surface area contributed by atoms with Crippen molar-refractivity contribution in [3.63, 3.8) is 0 Å². The van der Waals surface area contributed by atoms with Crippen LogP contribution in [0.4, 0.5) is 5.69 Å². The van der Waals surface area contributed by atoms with E-state index in [-0.39, 0.29) is 11.5 Å². The predicted molar refractivity (Wildman–Crippen MR) is 64.5 cm³/mol. The SMILES string of the molecule is CC(=O)Nc1cccc2c1C=CC(C)(C)O2. The van der Waals surface area contributed by atoms with Gasteiger partial charge in [0.15, 0.2) is 0 Å². The Bertz CT molecular complexity index is 461. The van der Waals surface area contributed by atoms with Crippen LogP contribution < -0.4 is 10.1 Å². The molecule has 0 atom stereocenters.